The Bertz CT molecular complexity index is 913. The van der Waals surface area contributed by atoms with Gasteiger partial charge in [0.05, 0.1) is 25.3 Å². The van der Waals surface area contributed by atoms with E-state index in [0.717, 1.165) is 47.8 Å². The second-order valence-electron chi connectivity index (χ2n) is 7.66. The maximum atomic E-state index is 12.7. The lowest BCUT2D eigenvalue weighted by atomic mass is 10.0. The SMILES string of the molecule is COc1ccc(CC(=O)N2CCc3nc(C4CCCN4C(C)=O)ncc3C2)cc1. The molecule has 0 saturated carbocycles. The summed E-state index contributed by atoms with van der Waals surface area (Å²) in [4.78, 5) is 37.6. The van der Waals surface area contributed by atoms with E-state index in [4.69, 9.17) is 9.72 Å². The fourth-order valence-corrected chi connectivity index (χ4v) is 4.15. The van der Waals surface area contributed by atoms with Gasteiger partial charge in [0.1, 0.15) is 5.75 Å². The van der Waals surface area contributed by atoms with E-state index >= 15 is 0 Å². The topological polar surface area (TPSA) is 75.6 Å². The number of methoxy groups -OCH3 is 1. The van der Waals surface area contributed by atoms with Crippen LogP contribution in [0.3, 0.4) is 0 Å². The molecule has 2 amide bonds. The molecule has 3 heterocycles. The summed E-state index contributed by atoms with van der Waals surface area (Å²) >= 11 is 0. The van der Waals surface area contributed by atoms with E-state index in [-0.39, 0.29) is 17.9 Å². The number of ether oxygens (including phenoxy) is 1. The highest BCUT2D eigenvalue weighted by Gasteiger charge is 2.31. The Morgan fingerprint density at radius 2 is 2.00 bits per heavy atom. The van der Waals surface area contributed by atoms with Crippen molar-refractivity contribution in [3.8, 4) is 5.75 Å². The van der Waals surface area contributed by atoms with Crippen molar-refractivity contribution in [2.45, 2.75) is 45.2 Å². The van der Waals surface area contributed by atoms with Gasteiger partial charge in [0.15, 0.2) is 5.82 Å². The molecule has 1 fully saturated rings. The molecule has 1 unspecified atom stereocenters. The average molecular weight is 394 g/mol. The van der Waals surface area contributed by atoms with Crippen molar-refractivity contribution in [1.82, 2.24) is 19.8 Å². The van der Waals surface area contributed by atoms with E-state index in [0.29, 0.717) is 25.9 Å². The molecular weight excluding hydrogens is 368 g/mol. The summed E-state index contributed by atoms with van der Waals surface area (Å²) in [5.41, 5.74) is 2.97. The monoisotopic (exact) mass is 394 g/mol. The van der Waals surface area contributed by atoms with Gasteiger partial charge in [0.2, 0.25) is 11.8 Å². The number of likely N-dealkylation sites (tertiary alicyclic amines) is 1. The zero-order chi connectivity index (χ0) is 20.4. The molecular formula is C22H26N4O3. The highest BCUT2D eigenvalue weighted by molar-refractivity contribution is 5.79. The third kappa shape index (κ3) is 4.09. The number of nitrogens with zero attached hydrogens (tertiary/aromatic N) is 4. The van der Waals surface area contributed by atoms with Gasteiger partial charge in [-0.25, -0.2) is 9.97 Å². The van der Waals surface area contributed by atoms with Gasteiger partial charge in [0, 0.05) is 44.7 Å². The number of benzene rings is 1. The summed E-state index contributed by atoms with van der Waals surface area (Å²) in [5, 5.41) is 0. The minimum atomic E-state index is -0.0208. The first-order chi connectivity index (χ1) is 14.0. The van der Waals surface area contributed by atoms with Crippen molar-refractivity contribution in [2.75, 3.05) is 20.2 Å². The van der Waals surface area contributed by atoms with Crippen molar-refractivity contribution in [3.63, 3.8) is 0 Å². The molecule has 0 bridgehead atoms. The summed E-state index contributed by atoms with van der Waals surface area (Å²) in [6.07, 6.45) is 4.81. The van der Waals surface area contributed by atoms with Crippen molar-refractivity contribution < 1.29 is 14.3 Å². The zero-order valence-corrected chi connectivity index (χ0v) is 16.9. The van der Waals surface area contributed by atoms with Gasteiger partial charge < -0.3 is 14.5 Å². The van der Waals surface area contributed by atoms with Crippen LogP contribution in [0.25, 0.3) is 0 Å². The highest BCUT2D eigenvalue weighted by atomic mass is 16.5. The summed E-state index contributed by atoms with van der Waals surface area (Å²) in [5.74, 6) is 1.69. The van der Waals surface area contributed by atoms with Crippen LogP contribution in [0.1, 0.15) is 48.5 Å². The Morgan fingerprint density at radius 3 is 2.72 bits per heavy atom. The van der Waals surface area contributed by atoms with Crippen LogP contribution < -0.4 is 4.74 Å². The number of rotatable bonds is 4. The Hall–Kier alpha value is -2.96. The molecule has 2 aromatic rings. The second kappa shape index (κ2) is 8.19. The quantitative estimate of drug-likeness (QED) is 0.795. The molecule has 1 atom stereocenters. The zero-order valence-electron chi connectivity index (χ0n) is 16.9. The number of carbonyl (C=O) groups excluding carboxylic acids is 2. The van der Waals surface area contributed by atoms with Crippen LogP contribution >= 0.6 is 0 Å². The lowest BCUT2D eigenvalue weighted by Gasteiger charge is -2.29. The first kappa shape index (κ1) is 19.4. The first-order valence-electron chi connectivity index (χ1n) is 10.1. The molecule has 0 N–H and O–H groups in total. The third-order valence-corrected chi connectivity index (χ3v) is 5.77. The van der Waals surface area contributed by atoms with Crippen molar-refractivity contribution in [2.24, 2.45) is 0 Å². The molecule has 1 aromatic heterocycles. The van der Waals surface area contributed by atoms with Crippen molar-refractivity contribution in [1.29, 1.82) is 0 Å². The second-order valence-corrected chi connectivity index (χ2v) is 7.66. The summed E-state index contributed by atoms with van der Waals surface area (Å²) < 4.78 is 5.16. The van der Waals surface area contributed by atoms with E-state index in [1.165, 1.54) is 0 Å². The summed E-state index contributed by atoms with van der Waals surface area (Å²) in [6, 6.07) is 7.57. The number of hydrogen-bond acceptors (Lipinski definition) is 5. The molecule has 7 heteroatoms. The standard InChI is InChI=1S/C22H26N4O3/c1-15(27)26-10-3-4-20(26)22-23-13-17-14-25(11-9-19(17)24-22)21(28)12-16-5-7-18(29-2)8-6-16/h5-8,13,20H,3-4,9-12,14H2,1-2H3. The van der Waals surface area contributed by atoms with E-state index < -0.39 is 0 Å². The van der Waals surface area contributed by atoms with Crippen LogP contribution in [0.2, 0.25) is 0 Å². The Labute approximate surface area is 170 Å². The van der Waals surface area contributed by atoms with Gasteiger partial charge in [-0.1, -0.05) is 12.1 Å². The van der Waals surface area contributed by atoms with Crippen molar-refractivity contribution >= 4 is 11.8 Å². The molecule has 0 radical (unpaired) electrons. The minimum absolute atomic E-state index is 0.0208. The molecule has 2 aliphatic rings. The van der Waals surface area contributed by atoms with E-state index in [1.54, 1.807) is 14.0 Å². The van der Waals surface area contributed by atoms with Gasteiger partial charge in [-0.3, -0.25) is 9.59 Å². The summed E-state index contributed by atoms with van der Waals surface area (Å²) in [6.45, 7) is 3.56. The van der Waals surface area contributed by atoms with Gasteiger partial charge in [-0.05, 0) is 30.5 Å². The number of amides is 2. The van der Waals surface area contributed by atoms with Crippen LogP contribution in [0.15, 0.2) is 30.5 Å². The lowest BCUT2D eigenvalue weighted by molar-refractivity contribution is -0.131. The predicted octanol–water partition coefficient (Wildman–Crippen LogP) is 2.30. The number of hydrogen-bond donors (Lipinski definition) is 0. The smallest absolute Gasteiger partial charge is 0.227 e. The Morgan fingerprint density at radius 1 is 1.21 bits per heavy atom. The van der Waals surface area contributed by atoms with Crippen LogP contribution in [0.5, 0.6) is 5.75 Å². The molecule has 1 saturated heterocycles. The van der Waals surface area contributed by atoms with Gasteiger partial charge in [0.25, 0.3) is 0 Å². The minimum Gasteiger partial charge on any atom is -0.497 e. The normalized spacial score (nSPS) is 18.5. The van der Waals surface area contributed by atoms with Crippen molar-refractivity contribution in [3.05, 3.63) is 53.1 Å². The average Bonchev–Trinajstić information content (AvgIpc) is 3.24. The molecule has 2 aliphatic heterocycles. The molecule has 29 heavy (non-hydrogen) atoms. The third-order valence-electron chi connectivity index (χ3n) is 5.77. The van der Waals surface area contributed by atoms with Gasteiger partial charge in [-0.2, -0.15) is 0 Å². The first-order valence-corrected chi connectivity index (χ1v) is 10.1. The van der Waals surface area contributed by atoms with E-state index in [1.807, 2.05) is 40.3 Å². The van der Waals surface area contributed by atoms with E-state index in [2.05, 4.69) is 4.98 Å². The number of aromatic nitrogens is 2. The fourth-order valence-electron chi connectivity index (χ4n) is 4.15. The Balaban J connectivity index is 1.43. The summed E-state index contributed by atoms with van der Waals surface area (Å²) in [7, 11) is 1.63. The van der Waals surface area contributed by atoms with Gasteiger partial charge in [-0.15, -0.1) is 0 Å². The number of carbonyl (C=O) groups is 2. The molecule has 7 nitrogen and oxygen atoms in total. The fraction of sp³-hybridized carbons (Fsp3) is 0.455. The number of fused-ring (bicyclic) bond motifs is 1. The van der Waals surface area contributed by atoms with Gasteiger partial charge >= 0.3 is 0 Å². The molecule has 152 valence electrons. The molecule has 0 spiro atoms. The molecule has 4 rings (SSSR count). The maximum absolute atomic E-state index is 12.7. The lowest BCUT2D eigenvalue weighted by Crippen LogP contribution is -2.38. The van der Waals surface area contributed by atoms with Crippen LogP contribution in [-0.2, 0) is 29.0 Å². The van der Waals surface area contributed by atoms with Crippen LogP contribution in [0, 0.1) is 0 Å². The van der Waals surface area contributed by atoms with Crippen LogP contribution in [0.4, 0.5) is 0 Å². The maximum Gasteiger partial charge on any atom is 0.227 e. The predicted molar refractivity (Wildman–Crippen MR) is 107 cm³/mol. The highest BCUT2D eigenvalue weighted by Crippen LogP contribution is 2.30. The Kier molecular flexibility index (Phi) is 5.47. The van der Waals surface area contributed by atoms with Crippen LogP contribution in [-0.4, -0.2) is 51.8 Å². The van der Waals surface area contributed by atoms with E-state index in [9.17, 15) is 9.59 Å². The molecule has 0 aliphatic carbocycles. The largest absolute Gasteiger partial charge is 0.497 e. The molecule has 1 aromatic carbocycles.